The number of amides is 1. The van der Waals surface area contributed by atoms with Crippen molar-refractivity contribution in [2.75, 3.05) is 19.6 Å². The summed E-state index contributed by atoms with van der Waals surface area (Å²) in [5.41, 5.74) is -0.623. The van der Waals surface area contributed by atoms with Crippen molar-refractivity contribution in [1.82, 2.24) is 15.2 Å². The average Bonchev–Trinajstić information content (AvgIpc) is 3.09. The van der Waals surface area contributed by atoms with Crippen LogP contribution in [0.4, 0.5) is 13.2 Å². The monoisotopic (exact) mass is 355 g/mol. The molecule has 2 aromatic heterocycles. The first-order valence-corrected chi connectivity index (χ1v) is 8.76. The number of piperidine rings is 1. The van der Waals surface area contributed by atoms with Gasteiger partial charge in [0.2, 0.25) is 0 Å². The van der Waals surface area contributed by atoms with Gasteiger partial charge in [0.05, 0.1) is 10.3 Å². The van der Waals surface area contributed by atoms with Crippen LogP contribution in [-0.4, -0.2) is 41.5 Å². The van der Waals surface area contributed by atoms with Crippen LogP contribution in [0, 0.1) is 5.92 Å². The SMILES string of the molecule is O=C(N[C@@H]1C[C@H]2CCN(C2)C1)c1nccc2c(C(F)(F)F)csc12. The number of nitrogens with zero attached hydrogens (tertiary/aromatic N) is 2. The van der Waals surface area contributed by atoms with Crippen molar-refractivity contribution < 1.29 is 18.0 Å². The summed E-state index contributed by atoms with van der Waals surface area (Å²) in [5, 5.41) is 4.05. The zero-order valence-corrected chi connectivity index (χ0v) is 13.6. The number of halogens is 3. The summed E-state index contributed by atoms with van der Waals surface area (Å²) in [5.74, 6) is 0.218. The highest BCUT2D eigenvalue weighted by Gasteiger charge is 2.36. The van der Waals surface area contributed by atoms with Crippen LogP contribution >= 0.6 is 11.3 Å². The normalized spacial score (nSPS) is 26.7. The number of thiophene rings is 1. The van der Waals surface area contributed by atoms with E-state index in [4.69, 9.17) is 0 Å². The van der Waals surface area contributed by atoms with Gasteiger partial charge in [0, 0.05) is 36.1 Å². The number of rotatable bonds is 2. The summed E-state index contributed by atoms with van der Waals surface area (Å²) in [7, 11) is 0. The number of nitrogens with one attached hydrogen (secondary N) is 1. The Hall–Kier alpha value is -1.67. The van der Waals surface area contributed by atoms with Crippen molar-refractivity contribution in [3.63, 3.8) is 0 Å². The Labute approximate surface area is 140 Å². The zero-order valence-electron chi connectivity index (χ0n) is 12.8. The van der Waals surface area contributed by atoms with Crippen LogP contribution in [-0.2, 0) is 6.18 Å². The predicted octanol–water partition coefficient (Wildman–Crippen LogP) is 3.14. The fourth-order valence-corrected chi connectivity index (χ4v) is 4.82. The first-order valence-electron chi connectivity index (χ1n) is 7.88. The second-order valence-corrected chi connectivity index (χ2v) is 7.38. The standard InChI is InChI=1S/C16H16F3N3OS/c17-16(18,19)12-8-24-14-11(12)1-3-20-13(14)15(23)21-10-5-9-2-4-22(6-9)7-10/h1,3,8-10H,2,4-7H2,(H,21,23)/t9-,10-/m1/s1. The summed E-state index contributed by atoms with van der Waals surface area (Å²) in [6.45, 7) is 2.95. The lowest BCUT2D eigenvalue weighted by Gasteiger charge is -2.30. The maximum absolute atomic E-state index is 13.0. The van der Waals surface area contributed by atoms with Crippen molar-refractivity contribution >= 4 is 27.3 Å². The number of fused-ring (bicyclic) bond motifs is 3. The van der Waals surface area contributed by atoms with Crippen LogP contribution in [0.1, 0.15) is 28.9 Å². The second kappa shape index (κ2) is 5.70. The maximum Gasteiger partial charge on any atom is 0.417 e. The van der Waals surface area contributed by atoms with Gasteiger partial charge < -0.3 is 10.2 Å². The largest absolute Gasteiger partial charge is 0.417 e. The van der Waals surface area contributed by atoms with Crippen LogP contribution < -0.4 is 5.32 Å². The fraction of sp³-hybridized carbons (Fsp3) is 0.500. The van der Waals surface area contributed by atoms with Crippen LogP contribution in [0.3, 0.4) is 0 Å². The van der Waals surface area contributed by atoms with Gasteiger partial charge in [-0.2, -0.15) is 13.2 Å². The molecule has 1 amide bonds. The second-order valence-electron chi connectivity index (χ2n) is 6.50. The van der Waals surface area contributed by atoms with Crippen molar-refractivity contribution in [2.45, 2.75) is 25.1 Å². The summed E-state index contributed by atoms with van der Waals surface area (Å²) in [4.78, 5) is 18.9. The Morgan fingerprint density at radius 1 is 1.38 bits per heavy atom. The lowest BCUT2D eigenvalue weighted by molar-refractivity contribution is -0.136. The minimum atomic E-state index is -4.43. The van der Waals surface area contributed by atoms with E-state index in [0.29, 0.717) is 10.6 Å². The van der Waals surface area contributed by atoms with Gasteiger partial charge in [0.25, 0.3) is 5.91 Å². The smallest absolute Gasteiger partial charge is 0.347 e. The van der Waals surface area contributed by atoms with Crippen LogP contribution in [0.15, 0.2) is 17.6 Å². The Kier molecular flexibility index (Phi) is 3.76. The fourth-order valence-electron chi connectivity index (χ4n) is 3.76. The van der Waals surface area contributed by atoms with E-state index in [9.17, 15) is 18.0 Å². The van der Waals surface area contributed by atoms with Crippen molar-refractivity contribution in [2.24, 2.45) is 5.92 Å². The minimum absolute atomic E-state index is 0.0397. The molecule has 0 saturated carbocycles. The molecule has 0 aromatic carbocycles. The molecular formula is C16H16F3N3OS. The van der Waals surface area contributed by atoms with E-state index in [1.165, 1.54) is 12.3 Å². The molecule has 4 heterocycles. The van der Waals surface area contributed by atoms with Gasteiger partial charge in [-0.15, -0.1) is 11.3 Å². The molecule has 128 valence electrons. The van der Waals surface area contributed by atoms with E-state index in [0.717, 1.165) is 49.2 Å². The van der Waals surface area contributed by atoms with E-state index in [1.54, 1.807) is 0 Å². The summed E-state index contributed by atoms with van der Waals surface area (Å²) >= 11 is 0.917. The number of hydrogen-bond donors (Lipinski definition) is 1. The molecule has 0 radical (unpaired) electrons. The van der Waals surface area contributed by atoms with Crippen molar-refractivity contribution in [3.05, 3.63) is 28.9 Å². The number of alkyl halides is 3. The van der Waals surface area contributed by atoms with Gasteiger partial charge in [0.1, 0.15) is 5.69 Å². The number of pyridine rings is 1. The highest BCUT2D eigenvalue weighted by atomic mass is 32.1. The quantitative estimate of drug-likeness (QED) is 0.900. The van der Waals surface area contributed by atoms with E-state index in [2.05, 4.69) is 15.2 Å². The topological polar surface area (TPSA) is 45.2 Å². The number of aromatic nitrogens is 1. The Balaban J connectivity index is 1.59. The molecule has 2 fully saturated rings. The van der Waals surface area contributed by atoms with Gasteiger partial charge >= 0.3 is 6.18 Å². The first kappa shape index (κ1) is 15.8. The van der Waals surface area contributed by atoms with Crippen molar-refractivity contribution in [1.29, 1.82) is 0 Å². The van der Waals surface area contributed by atoms with Gasteiger partial charge in [0.15, 0.2) is 0 Å². The molecule has 1 unspecified atom stereocenters. The predicted molar refractivity (Wildman–Crippen MR) is 85.0 cm³/mol. The van der Waals surface area contributed by atoms with Gasteiger partial charge in [-0.25, -0.2) is 4.98 Å². The average molecular weight is 355 g/mol. The molecule has 2 aliphatic heterocycles. The summed E-state index contributed by atoms with van der Waals surface area (Å²) in [6, 6.07) is 1.36. The molecule has 8 heteroatoms. The summed E-state index contributed by atoms with van der Waals surface area (Å²) in [6.07, 6.45) is -1.08. The molecule has 2 aromatic rings. The molecule has 4 rings (SSSR count). The third-order valence-electron chi connectivity index (χ3n) is 4.81. The summed E-state index contributed by atoms with van der Waals surface area (Å²) < 4.78 is 39.4. The van der Waals surface area contributed by atoms with Crippen LogP contribution in [0.25, 0.3) is 10.1 Å². The van der Waals surface area contributed by atoms with Gasteiger partial charge in [-0.1, -0.05) is 0 Å². The highest BCUT2D eigenvalue weighted by Crippen LogP contribution is 2.39. The minimum Gasteiger partial charge on any atom is -0.347 e. The molecule has 4 nitrogen and oxygen atoms in total. The number of carbonyl (C=O) groups is 1. The van der Waals surface area contributed by atoms with Crippen LogP contribution in [0.5, 0.6) is 0 Å². The molecule has 2 aliphatic rings. The van der Waals surface area contributed by atoms with Crippen molar-refractivity contribution in [3.8, 4) is 0 Å². The van der Waals surface area contributed by atoms with Crippen LogP contribution in [0.2, 0.25) is 0 Å². The van der Waals surface area contributed by atoms with E-state index < -0.39 is 11.7 Å². The van der Waals surface area contributed by atoms with E-state index >= 15 is 0 Å². The Morgan fingerprint density at radius 2 is 2.21 bits per heavy atom. The first-order chi connectivity index (χ1) is 11.4. The molecule has 0 spiro atoms. The molecule has 24 heavy (non-hydrogen) atoms. The number of carbonyl (C=O) groups excluding carboxylic acids is 1. The Morgan fingerprint density at radius 3 is 2.96 bits per heavy atom. The molecular weight excluding hydrogens is 339 g/mol. The molecule has 3 atom stereocenters. The van der Waals surface area contributed by atoms with Gasteiger partial charge in [-0.05, 0) is 31.4 Å². The molecule has 2 saturated heterocycles. The Bertz CT molecular complexity index is 776. The number of hydrogen-bond acceptors (Lipinski definition) is 4. The lowest BCUT2D eigenvalue weighted by atomic mass is 9.97. The zero-order chi connectivity index (χ0) is 16.9. The highest BCUT2D eigenvalue weighted by molar-refractivity contribution is 7.17. The van der Waals surface area contributed by atoms with E-state index in [-0.39, 0.29) is 23.0 Å². The third-order valence-corrected chi connectivity index (χ3v) is 5.81. The third kappa shape index (κ3) is 2.77. The lowest BCUT2D eigenvalue weighted by Crippen LogP contribution is -2.47. The molecule has 2 bridgehead atoms. The van der Waals surface area contributed by atoms with E-state index in [1.807, 2.05) is 0 Å². The molecule has 0 aliphatic carbocycles. The van der Waals surface area contributed by atoms with Gasteiger partial charge in [-0.3, -0.25) is 4.79 Å². The molecule has 1 N–H and O–H groups in total. The maximum atomic E-state index is 13.0.